The second-order valence-electron chi connectivity index (χ2n) is 4.16. The van der Waals surface area contributed by atoms with Crippen molar-refractivity contribution in [1.29, 1.82) is 0 Å². The highest BCUT2D eigenvalue weighted by molar-refractivity contribution is 5.83. The number of carbonyl (C=O) groups excluding carboxylic acids is 1. The van der Waals surface area contributed by atoms with Crippen LogP contribution in [-0.4, -0.2) is 5.78 Å². The summed E-state index contributed by atoms with van der Waals surface area (Å²) in [5.74, 6) is 0.938. The summed E-state index contributed by atoms with van der Waals surface area (Å²) in [5.41, 5.74) is 1.12. The van der Waals surface area contributed by atoms with Crippen LogP contribution in [0.3, 0.4) is 0 Å². The largest absolute Gasteiger partial charge is 0.299 e. The monoisotopic (exact) mass is 190 g/mol. The molecule has 1 aromatic rings. The normalized spacial score (nSPS) is 12.9. The molecule has 1 unspecified atom stereocenters. The van der Waals surface area contributed by atoms with Crippen molar-refractivity contribution in [2.75, 3.05) is 0 Å². The molecule has 0 bridgehead atoms. The topological polar surface area (TPSA) is 17.1 Å². The molecule has 0 saturated carbocycles. The van der Waals surface area contributed by atoms with Crippen LogP contribution >= 0.6 is 0 Å². The summed E-state index contributed by atoms with van der Waals surface area (Å²) < 4.78 is 0. The van der Waals surface area contributed by atoms with E-state index in [1.807, 2.05) is 37.3 Å². The van der Waals surface area contributed by atoms with E-state index in [0.717, 1.165) is 5.56 Å². The van der Waals surface area contributed by atoms with Crippen molar-refractivity contribution in [2.24, 2.45) is 11.8 Å². The van der Waals surface area contributed by atoms with Gasteiger partial charge in [-0.1, -0.05) is 51.1 Å². The number of hydrogen-bond acceptors (Lipinski definition) is 1. The van der Waals surface area contributed by atoms with Crippen LogP contribution in [0, 0.1) is 11.8 Å². The molecule has 76 valence electrons. The zero-order valence-electron chi connectivity index (χ0n) is 9.16. The van der Waals surface area contributed by atoms with E-state index in [4.69, 9.17) is 0 Å². The summed E-state index contributed by atoms with van der Waals surface area (Å²) in [6.07, 6.45) is 0.570. The van der Waals surface area contributed by atoms with E-state index in [-0.39, 0.29) is 5.92 Å². The molecule has 0 aromatic heterocycles. The Morgan fingerprint density at radius 2 is 1.71 bits per heavy atom. The minimum atomic E-state index is 0.162. The van der Waals surface area contributed by atoms with Gasteiger partial charge in [0.1, 0.15) is 5.78 Å². The van der Waals surface area contributed by atoms with Crippen LogP contribution in [0.1, 0.15) is 26.3 Å². The minimum Gasteiger partial charge on any atom is -0.299 e. The average molecular weight is 190 g/mol. The summed E-state index contributed by atoms with van der Waals surface area (Å²) in [6, 6.07) is 9.93. The SMILES string of the molecule is CC(C)C(C)C(=O)Cc1ccccc1. The molecule has 0 fully saturated rings. The predicted octanol–water partition coefficient (Wildman–Crippen LogP) is 3.09. The van der Waals surface area contributed by atoms with E-state index in [1.165, 1.54) is 0 Å². The molecule has 0 N–H and O–H groups in total. The van der Waals surface area contributed by atoms with Crippen molar-refractivity contribution in [2.45, 2.75) is 27.2 Å². The van der Waals surface area contributed by atoms with Crippen LogP contribution in [0.5, 0.6) is 0 Å². The fourth-order valence-corrected chi connectivity index (χ4v) is 1.33. The summed E-state index contributed by atoms with van der Waals surface area (Å²) in [5, 5.41) is 0. The highest BCUT2D eigenvalue weighted by atomic mass is 16.1. The van der Waals surface area contributed by atoms with Gasteiger partial charge in [-0.2, -0.15) is 0 Å². The molecule has 0 aliphatic heterocycles. The summed E-state index contributed by atoms with van der Waals surface area (Å²) in [7, 11) is 0. The van der Waals surface area contributed by atoms with E-state index in [1.54, 1.807) is 0 Å². The van der Waals surface area contributed by atoms with Crippen molar-refractivity contribution in [3.63, 3.8) is 0 Å². The van der Waals surface area contributed by atoms with Gasteiger partial charge in [0.25, 0.3) is 0 Å². The molecule has 0 aliphatic carbocycles. The maximum Gasteiger partial charge on any atom is 0.140 e. The summed E-state index contributed by atoms with van der Waals surface area (Å²) in [4.78, 5) is 11.8. The average Bonchev–Trinajstić information content (AvgIpc) is 2.18. The third-order valence-corrected chi connectivity index (χ3v) is 2.73. The van der Waals surface area contributed by atoms with Gasteiger partial charge in [0.05, 0.1) is 0 Å². The zero-order valence-corrected chi connectivity index (χ0v) is 9.16. The van der Waals surface area contributed by atoms with Gasteiger partial charge < -0.3 is 0 Å². The van der Waals surface area contributed by atoms with Crippen molar-refractivity contribution in [3.8, 4) is 0 Å². The smallest absolute Gasteiger partial charge is 0.140 e. The zero-order chi connectivity index (χ0) is 10.6. The Labute approximate surface area is 86.1 Å². The first kappa shape index (κ1) is 11.0. The molecule has 0 radical (unpaired) electrons. The predicted molar refractivity (Wildman–Crippen MR) is 59.2 cm³/mol. The van der Waals surface area contributed by atoms with Crippen LogP contribution in [0.2, 0.25) is 0 Å². The van der Waals surface area contributed by atoms with Gasteiger partial charge in [0.2, 0.25) is 0 Å². The second-order valence-corrected chi connectivity index (χ2v) is 4.16. The Morgan fingerprint density at radius 3 is 2.21 bits per heavy atom. The van der Waals surface area contributed by atoms with Crippen molar-refractivity contribution in [3.05, 3.63) is 35.9 Å². The Kier molecular flexibility index (Phi) is 3.87. The quantitative estimate of drug-likeness (QED) is 0.713. The molecule has 0 saturated heterocycles. The molecular formula is C13H18O. The Bertz CT molecular complexity index is 287. The molecule has 0 amide bonds. The molecule has 0 heterocycles. The molecule has 1 nitrogen and oxygen atoms in total. The maximum absolute atomic E-state index is 11.8. The van der Waals surface area contributed by atoms with Gasteiger partial charge in [-0.25, -0.2) is 0 Å². The fraction of sp³-hybridized carbons (Fsp3) is 0.462. The van der Waals surface area contributed by atoms with Gasteiger partial charge in [-0.15, -0.1) is 0 Å². The molecule has 0 spiro atoms. The van der Waals surface area contributed by atoms with Crippen molar-refractivity contribution < 1.29 is 4.79 Å². The van der Waals surface area contributed by atoms with Crippen molar-refractivity contribution >= 4 is 5.78 Å². The minimum absolute atomic E-state index is 0.162. The molecule has 1 atom stereocenters. The maximum atomic E-state index is 11.8. The van der Waals surface area contributed by atoms with E-state index in [2.05, 4.69) is 13.8 Å². The van der Waals surface area contributed by atoms with E-state index in [0.29, 0.717) is 18.1 Å². The van der Waals surface area contributed by atoms with Crippen LogP contribution in [0.15, 0.2) is 30.3 Å². The Hall–Kier alpha value is -1.11. The standard InChI is InChI=1S/C13H18O/c1-10(2)11(3)13(14)9-12-7-5-4-6-8-12/h4-8,10-11H,9H2,1-3H3. The second kappa shape index (κ2) is 4.94. The van der Waals surface area contributed by atoms with Gasteiger partial charge in [0, 0.05) is 12.3 Å². The molecule has 14 heavy (non-hydrogen) atoms. The highest BCUT2D eigenvalue weighted by Crippen LogP contribution is 2.13. The molecule has 1 rings (SSSR count). The third-order valence-electron chi connectivity index (χ3n) is 2.73. The van der Waals surface area contributed by atoms with Crippen LogP contribution in [0.4, 0.5) is 0 Å². The molecule has 1 heteroatoms. The van der Waals surface area contributed by atoms with Crippen LogP contribution < -0.4 is 0 Å². The first-order chi connectivity index (χ1) is 6.61. The first-order valence-electron chi connectivity index (χ1n) is 5.18. The summed E-state index contributed by atoms with van der Waals surface area (Å²) in [6.45, 7) is 6.19. The Morgan fingerprint density at radius 1 is 1.14 bits per heavy atom. The lowest BCUT2D eigenvalue weighted by atomic mass is 9.90. The number of hydrogen-bond donors (Lipinski definition) is 0. The summed E-state index contributed by atoms with van der Waals surface area (Å²) >= 11 is 0. The van der Waals surface area contributed by atoms with Gasteiger partial charge in [-0.3, -0.25) is 4.79 Å². The lowest BCUT2D eigenvalue weighted by molar-refractivity contribution is -0.122. The Balaban J connectivity index is 2.58. The molecule has 1 aromatic carbocycles. The lowest BCUT2D eigenvalue weighted by Crippen LogP contribution is -2.18. The number of Topliss-reactive ketones (excluding diaryl/α,β-unsaturated/α-hetero) is 1. The van der Waals surface area contributed by atoms with E-state index in [9.17, 15) is 4.79 Å². The number of benzene rings is 1. The number of rotatable bonds is 4. The number of carbonyl (C=O) groups is 1. The van der Waals surface area contributed by atoms with Gasteiger partial charge >= 0.3 is 0 Å². The van der Waals surface area contributed by atoms with Crippen LogP contribution in [-0.2, 0) is 11.2 Å². The highest BCUT2D eigenvalue weighted by Gasteiger charge is 2.16. The third kappa shape index (κ3) is 2.99. The molecule has 0 aliphatic rings. The molecular weight excluding hydrogens is 172 g/mol. The van der Waals surface area contributed by atoms with Crippen LogP contribution in [0.25, 0.3) is 0 Å². The van der Waals surface area contributed by atoms with Crippen molar-refractivity contribution in [1.82, 2.24) is 0 Å². The van der Waals surface area contributed by atoms with E-state index >= 15 is 0 Å². The van der Waals surface area contributed by atoms with E-state index < -0.39 is 0 Å². The lowest BCUT2D eigenvalue weighted by Gasteiger charge is -2.13. The van der Waals surface area contributed by atoms with Gasteiger partial charge in [-0.05, 0) is 11.5 Å². The first-order valence-corrected chi connectivity index (χ1v) is 5.18. The van der Waals surface area contributed by atoms with Gasteiger partial charge in [0.15, 0.2) is 0 Å². The number of ketones is 1. The fourth-order valence-electron chi connectivity index (χ4n) is 1.33.